The molecule has 0 atom stereocenters. The maximum atomic E-state index is 12.4. The van der Waals surface area contributed by atoms with Gasteiger partial charge in [-0.15, -0.1) is 0 Å². The van der Waals surface area contributed by atoms with Gasteiger partial charge in [0, 0.05) is 18.5 Å². The Kier molecular flexibility index (Phi) is 5.34. The van der Waals surface area contributed by atoms with E-state index in [9.17, 15) is 13.2 Å². The van der Waals surface area contributed by atoms with Crippen LogP contribution in [-0.2, 0) is 10.0 Å². The third-order valence-electron chi connectivity index (χ3n) is 4.23. The summed E-state index contributed by atoms with van der Waals surface area (Å²) in [5.41, 5.74) is 3.27. The topological polar surface area (TPSA) is 88.4 Å². The molecule has 0 aliphatic carbocycles. The molecule has 2 aromatic carbocycles. The number of benzene rings is 2. The van der Waals surface area contributed by atoms with Crippen molar-refractivity contribution in [3.8, 4) is 0 Å². The third-order valence-corrected chi connectivity index (χ3v) is 5.83. The van der Waals surface area contributed by atoms with E-state index >= 15 is 0 Å². The summed E-state index contributed by atoms with van der Waals surface area (Å²) in [6.07, 6.45) is 0. The minimum absolute atomic E-state index is 0.0841. The van der Waals surface area contributed by atoms with Crippen molar-refractivity contribution in [2.45, 2.75) is 25.7 Å². The van der Waals surface area contributed by atoms with Crippen molar-refractivity contribution in [2.24, 2.45) is 0 Å². The van der Waals surface area contributed by atoms with E-state index < -0.39 is 10.0 Å². The van der Waals surface area contributed by atoms with Gasteiger partial charge in [-0.05, 0) is 56.2 Å². The van der Waals surface area contributed by atoms with E-state index in [2.05, 4.69) is 10.0 Å². The average molecular weight is 386 g/mol. The maximum Gasteiger partial charge on any atom is 0.287 e. The average Bonchev–Trinajstić information content (AvgIpc) is 3.03. The second-order valence-electron chi connectivity index (χ2n) is 6.57. The zero-order valence-electron chi connectivity index (χ0n) is 15.5. The minimum Gasteiger partial charge on any atom is -0.451 e. The number of sulfonamides is 1. The molecule has 0 spiro atoms. The first-order chi connectivity index (χ1) is 12.8. The van der Waals surface area contributed by atoms with E-state index in [1.807, 2.05) is 38.1 Å². The van der Waals surface area contributed by atoms with Crippen LogP contribution in [0.2, 0.25) is 0 Å². The Bertz CT molecular complexity index is 1100. The van der Waals surface area contributed by atoms with Crippen LogP contribution in [0.3, 0.4) is 0 Å². The monoisotopic (exact) mass is 386 g/mol. The molecule has 0 bridgehead atoms. The van der Waals surface area contributed by atoms with Gasteiger partial charge >= 0.3 is 0 Å². The van der Waals surface area contributed by atoms with E-state index in [0.717, 1.165) is 16.5 Å². The zero-order valence-corrected chi connectivity index (χ0v) is 16.3. The lowest BCUT2D eigenvalue weighted by atomic mass is 10.2. The minimum atomic E-state index is -3.63. The standard InChI is InChI=1S/C20H22N2O4S/c1-13-5-7-17-16(10-13)12-18(26-17)20(23)21-8-9-22-27(24,25)19-11-14(2)4-6-15(19)3/h4-7,10-12,22H,8-9H2,1-3H3,(H,21,23). The van der Waals surface area contributed by atoms with Crippen molar-refractivity contribution < 1.29 is 17.6 Å². The fourth-order valence-electron chi connectivity index (χ4n) is 2.80. The van der Waals surface area contributed by atoms with E-state index in [1.54, 1.807) is 25.1 Å². The molecule has 0 saturated heterocycles. The summed E-state index contributed by atoms with van der Waals surface area (Å²) in [5.74, 6) is -0.178. The van der Waals surface area contributed by atoms with Crippen molar-refractivity contribution in [2.75, 3.05) is 13.1 Å². The number of rotatable bonds is 6. The third kappa shape index (κ3) is 4.37. The predicted octanol–water partition coefficient (Wildman–Crippen LogP) is 3.07. The van der Waals surface area contributed by atoms with Gasteiger partial charge in [-0.3, -0.25) is 4.79 Å². The van der Waals surface area contributed by atoms with E-state index in [0.29, 0.717) is 11.1 Å². The molecule has 3 aromatic rings. The normalized spacial score (nSPS) is 11.7. The van der Waals surface area contributed by atoms with Crippen molar-refractivity contribution in [1.82, 2.24) is 10.0 Å². The number of furan rings is 1. The van der Waals surface area contributed by atoms with Gasteiger partial charge in [-0.2, -0.15) is 0 Å². The highest BCUT2D eigenvalue weighted by atomic mass is 32.2. The maximum absolute atomic E-state index is 12.4. The Morgan fingerprint density at radius 1 is 0.963 bits per heavy atom. The number of carbonyl (C=O) groups is 1. The number of hydrogen-bond acceptors (Lipinski definition) is 4. The Morgan fingerprint density at radius 2 is 1.67 bits per heavy atom. The highest BCUT2D eigenvalue weighted by Gasteiger charge is 2.17. The van der Waals surface area contributed by atoms with Gasteiger partial charge in [0.2, 0.25) is 10.0 Å². The number of hydrogen-bond donors (Lipinski definition) is 2. The van der Waals surface area contributed by atoms with E-state index in [4.69, 9.17) is 4.42 Å². The van der Waals surface area contributed by atoms with Gasteiger partial charge in [-0.1, -0.05) is 23.8 Å². The molecule has 142 valence electrons. The molecule has 0 radical (unpaired) electrons. The lowest BCUT2D eigenvalue weighted by Crippen LogP contribution is -2.34. The molecule has 2 N–H and O–H groups in total. The van der Waals surface area contributed by atoms with Crippen LogP contribution in [0, 0.1) is 20.8 Å². The smallest absolute Gasteiger partial charge is 0.287 e. The van der Waals surface area contributed by atoms with E-state index in [1.165, 1.54) is 0 Å². The van der Waals surface area contributed by atoms with Crippen LogP contribution in [0.15, 0.2) is 51.8 Å². The molecule has 0 saturated carbocycles. The summed E-state index contributed by atoms with van der Waals surface area (Å²) >= 11 is 0. The highest BCUT2D eigenvalue weighted by Crippen LogP contribution is 2.20. The van der Waals surface area contributed by atoms with Crippen molar-refractivity contribution in [3.05, 3.63) is 64.9 Å². The van der Waals surface area contributed by atoms with Crippen LogP contribution >= 0.6 is 0 Å². The molecule has 0 aliphatic heterocycles. The van der Waals surface area contributed by atoms with Gasteiger partial charge in [0.1, 0.15) is 5.58 Å². The first kappa shape index (κ1) is 19.1. The molecule has 0 aliphatic rings. The predicted molar refractivity (Wildman–Crippen MR) is 104 cm³/mol. The Balaban J connectivity index is 1.59. The molecule has 0 fully saturated rings. The molecule has 1 amide bonds. The Hall–Kier alpha value is -2.64. The molecule has 27 heavy (non-hydrogen) atoms. The second kappa shape index (κ2) is 7.54. The molecule has 6 nitrogen and oxygen atoms in total. The summed E-state index contributed by atoms with van der Waals surface area (Å²) < 4.78 is 32.9. The van der Waals surface area contributed by atoms with Gasteiger partial charge in [0.05, 0.1) is 4.90 Å². The van der Waals surface area contributed by atoms with Crippen LogP contribution in [0.25, 0.3) is 11.0 Å². The second-order valence-corrected chi connectivity index (χ2v) is 8.31. The van der Waals surface area contributed by atoms with Crippen LogP contribution in [0.5, 0.6) is 0 Å². The van der Waals surface area contributed by atoms with Crippen LogP contribution in [0.4, 0.5) is 0 Å². The van der Waals surface area contributed by atoms with Crippen LogP contribution in [-0.4, -0.2) is 27.4 Å². The SMILES string of the molecule is Cc1ccc(C)c(S(=O)(=O)NCCNC(=O)c2cc3cc(C)ccc3o2)c1. The van der Waals surface area contributed by atoms with Gasteiger partial charge in [0.15, 0.2) is 5.76 Å². The van der Waals surface area contributed by atoms with Gasteiger partial charge in [-0.25, -0.2) is 13.1 Å². The lowest BCUT2D eigenvalue weighted by Gasteiger charge is -2.10. The number of amides is 1. The molecule has 7 heteroatoms. The summed E-state index contributed by atoms with van der Waals surface area (Å²) in [5, 5.41) is 3.52. The fourth-order valence-corrected chi connectivity index (χ4v) is 4.16. The number of nitrogens with one attached hydrogen (secondary N) is 2. The molecule has 0 unspecified atom stereocenters. The summed E-state index contributed by atoms with van der Waals surface area (Å²) in [6, 6.07) is 12.6. The first-order valence-corrected chi connectivity index (χ1v) is 10.1. The summed E-state index contributed by atoms with van der Waals surface area (Å²) in [7, 11) is -3.63. The first-order valence-electron chi connectivity index (χ1n) is 8.61. The Morgan fingerprint density at radius 3 is 2.44 bits per heavy atom. The number of aryl methyl sites for hydroxylation is 3. The molecule has 3 rings (SSSR count). The summed E-state index contributed by atoms with van der Waals surface area (Å²) in [6.45, 7) is 5.79. The molecular formula is C20H22N2O4S. The quantitative estimate of drug-likeness (QED) is 0.637. The van der Waals surface area contributed by atoms with Crippen LogP contribution in [0.1, 0.15) is 27.2 Å². The zero-order chi connectivity index (χ0) is 19.6. The highest BCUT2D eigenvalue weighted by molar-refractivity contribution is 7.89. The molecular weight excluding hydrogens is 364 g/mol. The summed E-state index contributed by atoms with van der Waals surface area (Å²) in [4.78, 5) is 12.5. The van der Waals surface area contributed by atoms with Crippen molar-refractivity contribution in [3.63, 3.8) is 0 Å². The largest absolute Gasteiger partial charge is 0.451 e. The van der Waals surface area contributed by atoms with E-state index in [-0.39, 0.29) is 29.7 Å². The Labute approximate surface area is 158 Å². The van der Waals surface area contributed by atoms with Gasteiger partial charge < -0.3 is 9.73 Å². The van der Waals surface area contributed by atoms with Crippen molar-refractivity contribution in [1.29, 1.82) is 0 Å². The molecule has 1 aromatic heterocycles. The van der Waals surface area contributed by atoms with Crippen molar-refractivity contribution >= 4 is 26.9 Å². The fraction of sp³-hybridized carbons (Fsp3) is 0.250. The lowest BCUT2D eigenvalue weighted by molar-refractivity contribution is 0.0929. The number of fused-ring (bicyclic) bond motifs is 1. The molecule has 1 heterocycles. The number of carbonyl (C=O) groups excluding carboxylic acids is 1. The van der Waals surface area contributed by atoms with Crippen LogP contribution < -0.4 is 10.0 Å². The van der Waals surface area contributed by atoms with Gasteiger partial charge in [0.25, 0.3) is 5.91 Å².